The first-order valence-corrected chi connectivity index (χ1v) is 8.83. The van der Waals surface area contributed by atoms with Crippen molar-refractivity contribution in [1.82, 2.24) is 4.98 Å². The predicted molar refractivity (Wildman–Crippen MR) is 106 cm³/mol. The summed E-state index contributed by atoms with van der Waals surface area (Å²) in [6, 6.07) is 21.8. The SMILES string of the molecule is CCc1ccc(NC(=O)c2ccc(NC(C)c3ccccc3)cn2)cc1. The Morgan fingerprint density at radius 1 is 0.962 bits per heavy atom. The molecule has 3 aromatic rings. The van der Waals surface area contributed by atoms with Gasteiger partial charge in [0.15, 0.2) is 0 Å². The first-order chi connectivity index (χ1) is 12.7. The lowest BCUT2D eigenvalue weighted by Crippen LogP contribution is -2.14. The number of aromatic nitrogens is 1. The maximum absolute atomic E-state index is 12.3. The van der Waals surface area contributed by atoms with Crippen LogP contribution in [-0.4, -0.2) is 10.9 Å². The zero-order valence-corrected chi connectivity index (χ0v) is 15.1. The smallest absolute Gasteiger partial charge is 0.274 e. The third kappa shape index (κ3) is 4.48. The molecule has 0 saturated heterocycles. The Kier molecular flexibility index (Phi) is 5.64. The highest BCUT2D eigenvalue weighted by molar-refractivity contribution is 6.02. The van der Waals surface area contributed by atoms with Crippen molar-refractivity contribution in [1.29, 1.82) is 0 Å². The fourth-order valence-corrected chi connectivity index (χ4v) is 2.71. The molecule has 1 amide bonds. The third-order valence-corrected chi connectivity index (χ3v) is 4.30. The van der Waals surface area contributed by atoms with Gasteiger partial charge in [0.05, 0.1) is 11.9 Å². The van der Waals surface area contributed by atoms with Crippen LogP contribution in [-0.2, 0) is 6.42 Å². The second-order valence-corrected chi connectivity index (χ2v) is 6.21. The van der Waals surface area contributed by atoms with Crippen LogP contribution in [0.15, 0.2) is 72.9 Å². The van der Waals surface area contributed by atoms with Crippen LogP contribution in [0.5, 0.6) is 0 Å². The molecule has 0 aliphatic heterocycles. The normalized spacial score (nSPS) is 11.6. The standard InChI is InChI=1S/C22H23N3O/c1-3-17-9-11-19(12-10-17)25-22(26)21-14-13-20(15-23-21)24-16(2)18-7-5-4-6-8-18/h4-16,24H,3H2,1-2H3,(H,25,26). The lowest BCUT2D eigenvalue weighted by atomic mass is 10.1. The molecule has 0 saturated carbocycles. The molecule has 0 fully saturated rings. The van der Waals surface area contributed by atoms with Crippen LogP contribution >= 0.6 is 0 Å². The summed E-state index contributed by atoms with van der Waals surface area (Å²) in [7, 11) is 0. The van der Waals surface area contributed by atoms with E-state index in [1.807, 2.05) is 48.5 Å². The molecule has 0 aliphatic rings. The van der Waals surface area contributed by atoms with Gasteiger partial charge in [-0.3, -0.25) is 4.79 Å². The molecule has 26 heavy (non-hydrogen) atoms. The molecule has 1 aromatic heterocycles. The molecule has 132 valence electrons. The van der Waals surface area contributed by atoms with Crippen LogP contribution in [0.1, 0.15) is 41.5 Å². The predicted octanol–water partition coefficient (Wildman–Crippen LogP) is 5.07. The maximum atomic E-state index is 12.3. The monoisotopic (exact) mass is 345 g/mol. The van der Waals surface area contributed by atoms with E-state index in [1.54, 1.807) is 12.3 Å². The number of nitrogens with zero attached hydrogens (tertiary/aromatic N) is 1. The molecule has 0 spiro atoms. The van der Waals surface area contributed by atoms with Crippen molar-refractivity contribution in [3.8, 4) is 0 Å². The molecule has 0 aliphatic carbocycles. The summed E-state index contributed by atoms with van der Waals surface area (Å²) in [6.07, 6.45) is 2.67. The largest absolute Gasteiger partial charge is 0.377 e. The highest BCUT2D eigenvalue weighted by Crippen LogP contribution is 2.18. The van der Waals surface area contributed by atoms with Crippen molar-refractivity contribution in [2.24, 2.45) is 0 Å². The van der Waals surface area contributed by atoms with Crippen molar-refractivity contribution < 1.29 is 4.79 Å². The van der Waals surface area contributed by atoms with Gasteiger partial charge in [0.25, 0.3) is 5.91 Å². The lowest BCUT2D eigenvalue weighted by Gasteiger charge is -2.15. The van der Waals surface area contributed by atoms with E-state index >= 15 is 0 Å². The van der Waals surface area contributed by atoms with Gasteiger partial charge < -0.3 is 10.6 Å². The van der Waals surface area contributed by atoms with Gasteiger partial charge in [-0.15, -0.1) is 0 Å². The number of carbonyl (C=O) groups is 1. The Morgan fingerprint density at radius 2 is 1.65 bits per heavy atom. The first kappa shape index (κ1) is 17.7. The maximum Gasteiger partial charge on any atom is 0.274 e. The van der Waals surface area contributed by atoms with Crippen molar-refractivity contribution in [2.45, 2.75) is 26.3 Å². The van der Waals surface area contributed by atoms with Crippen molar-refractivity contribution in [3.05, 3.63) is 89.7 Å². The first-order valence-electron chi connectivity index (χ1n) is 8.83. The highest BCUT2D eigenvalue weighted by atomic mass is 16.1. The average Bonchev–Trinajstić information content (AvgIpc) is 2.69. The number of hydrogen-bond acceptors (Lipinski definition) is 3. The quantitative estimate of drug-likeness (QED) is 0.656. The minimum absolute atomic E-state index is 0.162. The molecule has 1 atom stereocenters. The number of rotatable bonds is 6. The fraction of sp³-hybridized carbons (Fsp3) is 0.182. The minimum Gasteiger partial charge on any atom is -0.377 e. The number of carbonyl (C=O) groups excluding carboxylic acids is 1. The van der Waals surface area contributed by atoms with E-state index in [0.29, 0.717) is 5.69 Å². The van der Waals surface area contributed by atoms with Crippen LogP contribution in [0.2, 0.25) is 0 Å². The number of hydrogen-bond donors (Lipinski definition) is 2. The van der Waals surface area contributed by atoms with E-state index in [4.69, 9.17) is 0 Å². The van der Waals surface area contributed by atoms with Crippen LogP contribution in [0, 0.1) is 0 Å². The summed E-state index contributed by atoms with van der Waals surface area (Å²) in [5, 5.41) is 6.27. The van der Waals surface area contributed by atoms with Gasteiger partial charge >= 0.3 is 0 Å². The van der Waals surface area contributed by atoms with Crippen LogP contribution in [0.3, 0.4) is 0 Å². The Balaban J connectivity index is 1.62. The summed E-state index contributed by atoms with van der Waals surface area (Å²) in [6.45, 7) is 4.20. The number of amides is 1. The summed E-state index contributed by atoms with van der Waals surface area (Å²) in [5.74, 6) is -0.211. The molecule has 4 heteroatoms. The Labute approximate surface area is 154 Å². The van der Waals surface area contributed by atoms with Crippen molar-refractivity contribution >= 4 is 17.3 Å². The Bertz CT molecular complexity index is 843. The summed E-state index contributed by atoms with van der Waals surface area (Å²) >= 11 is 0. The summed E-state index contributed by atoms with van der Waals surface area (Å²) in [4.78, 5) is 16.6. The number of nitrogens with one attached hydrogen (secondary N) is 2. The molecule has 2 aromatic carbocycles. The van der Waals surface area contributed by atoms with Crippen LogP contribution in [0.4, 0.5) is 11.4 Å². The van der Waals surface area contributed by atoms with E-state index in [-0.39, 0.29) is 11.9 Å². The highest BCUT2D eigenvalue weighted by Gasteiger charge is 2.09. The lowest BCUT2D eigenvalue weighted by molar-refractivity contribution is 0.102. The van der Waals surface area contributed by atoms with Gasteiger partial charge in [0, 0.05) is 11.7 Å². The molecule has 4 nitrogen and oxygen atoms in total. The van der Waals surface area contributed by atoms with Crippen molar-refractivity contribution in [2.75, 3.05) is 10.6 Å². The van der Waals surface area contributed by atoms with Gasteiger partial charge in [0.2, 0.25) is 0 Å². The van der Waals surface area contributed by atoms with E-state index in [0.717, 1.165) is 17.8 Å². The third-order valence-electron chi connectivity index (χ3n) is 4.30. The topological polar surface area (TPSA) is 54.0 Å². The molecule has 1 unspecified atom stereocenters. The molecule has 1 heterocycles. The van der Waals surface area contributed by atoms with E-state index < -0.39 is 0 Å². The Morgan fingerprint density at radius 3 is 2.27 bits per heavy atom. The molecular formula is C22H23N3O. The van der Waals surface area contributed by atoms with E-state index in [9.17, 15) is 4.79 Å². The number of pyridine rings is 1. The number of benzene rings is 2. The van der Waals surface area contributed by atoms with Gasteiger partial charge in [-0.25, -0.2) is 4.98 Å². The molecule has 2 N–H and O–H groups in total. The number of aryl methyl sites for hydroxylation is 1. The van der Waals surface area contributed by atoms with Gasteiger partial charge in [-0.2, -0.15) is 0 Å². The van der Waals surface area contributed by atoms with Gasteiger partial charge in [0.1, 0.15) is 5.69 Å². The van der Waals surface area contributed by atoms with E-state index in [2.05, 4.69) is 41.6 Å². The van der Waals surface area contributed by atoms with Crippen LogP contribution < -0.4 is 10.6 Å². The zero-order valence-electron chi connectivity index (χ0n) is 15.1. The van der Waals surface area contributed by atoms with Gasteiger partial charge in [-0.1, -0.05) is 49.4 Å². The van der Waals surface area contributed by atoms with E-state index in [1.165, 1.54) is 11.1 Å². The van der Waals surface area contributed by atoms with Crippen LogP contribution in [0.25, 0.3) is 0 Å². The molecule has 0 radical (unpaired) electrons. The molecule has 0 bridgehead atoms. The minimum atomic E-state index is -0.211. The fourth-order valence-electron chi connectivity index (χ4n) is 2.71. The number of anilines is 2. The van der Waals surface area contributed by atoms with Crippen molar-refractivity contribution in [3.63, 3.8) is 0 Å². The summed E-state index contributed by atoms with van der Waals surface area (Å²) < 4.78 is 0. The average molecular weight is 345 g/mol. The Hall–Kier alpha value is -3.14. The molecular weight excluding hydrogens is 322 g/mol. The second kappa shape index (κ2) is 8.30. The van der Waals surface area contributed by atoms with Gasteiger partial charge in [-0.05, 0) is 48.7 Å². The second-order valence-electron chi connectivity index (χ2n) is 6.21. The molecule has 3 rings (SSSR count). The summed E-state index contributed by atoms with van der Waals surface area (Å²) in [5.41, 5.74) is 4.48. The zero-order chi connectivity index (χ0) is 18.4.